The lowest BCUT2D eigenvalue weighted by atomic mass is 10.0. The van der Waals surface area contributed by atoms with Gasteiger partial charge in [-0.3, -0.25) is 9.69 Å². The number of rotatable bonds is 7. The number of carbonyl (C=O) groups excluding carboxylic acids is 1. The molecule has 0 radical (unpaired) electrons. The number of ether oxygens (including phenoxy) is 1. The van der Waals surface area contributed by atoms with Crippen LogP contribution < -0.4 is 10.6 Å². The molecule has 1 saturated heterocycles. The van der Waals surface area contributed by atoms with Crippen LogP contribution in [0, 0.1) is 0 Å². The van der Waals surface area contributed by atoms with E-state index in [1.165, 1.54) is 6.33 Å². The molecule has 7 nitrogen and oxygen atoms in total. The average molecular weight is 369 g/mol. The maximum Gasteiger partial charge on any atom is 0.274 e. The van der Waals surface area contributed by atoms with Crippen molar-refractivity contribution in [3.8, 4) is 0 Å². The maximum atomic E-state index is 12.6. The molecule has 1 aliphatic heterocycles. The van der Waals surface area contributed by atoms with Crippen LogP contribution in [0.5, 0.6) is 0 Å². The van der Waals surface area contributed by atoms with E-state index in [2.05, 4.69) is 39.3 Å². The van der Waals surface area contributed by atoms with Gasteiger partial charge in [-0.1, -0.05) is 32.0 Å². The number of para-hydroxylation sites is 1. The van der Waals surface area contributed by atoms with Gasteiger partial charge in [-0.15, -0.1) is 0 Å². The molecule has 1 amide bonds. The lowest BCUT2D eigenvalue weighted by molar-refractivity contribution is 0.0398. The minimum absolute atomic E-state index is 0.235. The standard InChI is InChI=1S/C20H27N5O2/c1-15(2)16-5-3-4-6-17(16)24-20(26)18-13-19(23-14-22-18)21-7-8-25-9-11-27-12-10-25/h3-6,13-15H,7-12H2,1-2H3,(H,24,26)(H,21,22,23). The molecule has 0 bridgehead atoms. The van der Waals surface area contributed by atoms with E-state index >= 15 is 0 Å². The summed E-state index contributed by atoms with van der Waals surface area (Å²) in [4.78, 5) is 23.3. The monoisotopic (exact) mass is 369 g/mol. The van der Waals surface area contributed by atoms with Crippen molar-refractivity contribution in [3.05, 3.63) is 47.9 Å². The van der Waals surface area contributed by atoms with Gasteiger partial charge in [-0.2, -0.15) is 0 Å². The molecule has 0 saturated carbocycles. The van der Waals surface area contributed by atoms with Crippen molar-refractivity contribution >= 4 is 17.4 Å². The summed E-state index contributed by atoms with van der Waals surface area (Å²) < 4.78 is 5.35. The van der Waals surface area contributed by atoms with Crippen LogP contribution in [0.15, 0.2) is 36.7 Å². The summed E-state index contributed by atoms with van der Waals surface area (Å²) >= 11 is 0. The Balaban J connectivity index is 1.58. The van der Waals surface area contributed by atoms with Crippen LogP contribution in [-0.4, -0.2) is 60.2 Å². The molecule has 2 N–H and O–H groups in total. The van der Waals surface area contributed by atoms with Crippen LogP contribution in [0.1, 0.15) is 35.8 Å². The van der Waals surface area contributed by atoms with E-state index in [-0.39, 0.29) is 5.91 Å². The second-order valence-electron chi connectivity index (χ2n) is 6.87. The second kappa shape index (κ2) is 9.43. The first-order chi connectivity index (χ1) is 13.1. The highest BCUT2D eigenvalue weighted by Crippen LogP contribution is 2.24. The van der Waals surface area contributed by atoms with Gasteiger partial charge in [-0.25, -0.2) is 9.97 Å². The van der Waals surface area contributed by atoms with Crippen molar-refractivity contribution in [2.24, 2.45) is 0 Å². The SMILES string of the molecule is CC(C)c1ccccc1NC(=O)c1cc(NCCN2CCOCC2)ncn1. The molecule has 2 aromatic rings. The van der Waals surface area contributed by atoms with E-state index < -0.39 is 0 Å². The highest BCUT2D eigenvalue weighted by atomic mass is 16.5. The Hall–Kier alpha value is -2.51. The van der Waals surface area contributed by atoms with Gasteiger partial charge in [0.2, 0.25) is 0 Å². The second-order valence-corrected chi connectivity index (χ2v) is 6.87. The van der Waals surface area contributed by atoms with Crippen LogP contribution in [0.3, 0.4) is 0 Å². The molecule has 0 spiro atoms. The quantitative estimate of drug-likeness (QED) is 0.781. The zero-order valence-corrected chi connectivity index (χ0v) is 15.9. The van der Waals surface area contributed by atoms with E-state index in [9.17, 15) is 4.79 Å². The van der Waals surface area contributed by atoms with Gasteiger partial charge in [0.15, 0.2) is 0 Å². The van der Waals surface area contributed by atoms with Gasteiger partial charge in [0.05, 0.1) is 13.2 Å². The lowest BCUT2D eigenvalue weighted by Gasteiger charge is -2.26. The van der Waals surface area contributed by atoms with E-state index in [0.29, 0.717) is 17.4 Å². The van der Waals surface area contributed by atoms with Gasteiger partial charge in [-0.05, 0) is 17.5 Å². The van der Waals surface area contributed by atoms with Gasteiger partial charge in [0, 0.05) is 37.9 Å². The zero-order valence-electron chi connectivity index (χ0n) is 15.9. The molecule has 0 atom stereocenters. The molecule has 7 heteroatoms. The van der Waals surface area contributed by atoms with E-state index in [4.69, 9.17) is 4.74 Å². The summed E-state index contributed by atoms with van der Waals surface area (Å²) in [7, 11) is 0. The minimum Gasteiger partial charge on any atom is -0.379 e. The molecular formula is C20H27N5O2. The fourth-order valence-electron chi connectivity index (χ4n) is 3.05. The summed E-state index contributed by atoms with van der Waals surface area (Å²) in [5.74, 6) is 0.742. The first kappa shape index (κ1) is 19.3. The summed E-state index contributed by atoms with van der Waals surface area (Å²) in [6, 6.07) is 9.52. The van der Waals surface area contributed by atoms with Crippen molar-refractivity contribution in [1.82, 2.24) is 14.9 Å². The van der Waals surface area contributed by atoms with Gasteiger partial charge in [0.1, 0.15) is 17.8 Å². The molecule has 1 fully saturated rings. The topological polar surface area (TPSA) is 79.4 Å². The Morgan fingerprint density at radius 3 is 2.78 bits per heavy atom. The molecule has 2 heterocycles. The number of aromatic nitrogens is 2. The van der Waals surface area contributed by atoms with Gasteiger partial charge >= 0.3 is 0 Å². The smallest absolute Gasteiger partial charge is 0.274 e. The van der Waals surface area contributed by atoms with Crippen molar-refractivity contribution in [3.63, 3.8) is 0 Å². The van der Waals surface area contributed by atoms with Crippen molar-refractivity contribution in [2.75, 3.05) is 50.0 Å². The Morgan fingerprint density at radius 2 is 2.00 bits per heavy atom. The summed E-state index contributed by atoms with van der Waals surface area (Å²) in [5, 5.41) is 6.23. The highest BCUT2D eigenvalue weighted by molar-refractivity contribution is 6.03. The maximum absolute atomic E-state index is 12.6. The zero-order chi connectivity index (χ0) is 19.1. The number of hydrogen-bond donors (Lipinski definition) is 2. The Labute approximate surface area is 160 Å². The highest BCUT2D eigenvalue weighted by Gasteiger charge is 2.13. The Morgan fingerprint density at radius 1 is 1.22 bits per heavy atom. The minimum atomic E-state index is -0.235. The first-order valence-electron chi connectivity index (χ1n) is 9.40. The fraction of sp³-hybridized carbons (Fsp3) is 0.450. The number of morpholine rings is 1. The number of benzene rings is 1. The number of nitrogens with one attached hydrogen (secondary N) is 2. The predicted octanol–water partition coefficient (Wildman–Crippen LogP) is 2.60. The van der Waals surface area contributed by atoms with Crippen LogP contribution in [-0.2, 0) is 4.74 Å². The third kappa shape index (κ3) is 5.48. The van der Waals surface area contributed by atoms with Crippen molar-refractivity contribution in [1.29, 1.82) is 0 Å². The van der Waals surface area contributed by atoms with Crippen LogP contribution >= 0.6 is 0 Å². The Bertz CT molecular complexity index is 760. The number of amides is 1. The average Bonchev–Trinajstić information content (AvgIpc) is 2.69. The summed E-state index contributed by atoms with van der Waals surface area (Å²) in [6.07, 6.45) is 1.42. The molecule has 0 aliphatic carbocycles. The van der Waals surface area contributed by atoms with E-state index in [1.807, 2.05) is 24.3 Å². The number of hydrogen-bond acceptors (Lipinski definition) is 6. The molecule has 0 unspecified atom stereocenters. The van der Waals surface area contributed by atoms with Crippen LogP contribution in [0.25, 0.3) is 0 Å². The largest absolute Gasteiger partial charge is 0.379 e. The third-order valence-corrected chi connectivity index (χ3v) is 4.57. The van der Waals surface area contributed by atoms with Crippen molar-refractivity contribution < 1.29 is 9.53 Å². The molecule has 1 aromatic carbocycles. The molecular weight excluding hydrogens is 342 g/mol. The fourth-order valence-corrected chi connectivity index (χ4v) is 3.05. The first-order valence-corrected chi connectivity index (χ1v) is 9.40. The van der Waals surface area contributed by atoms with Crippen LogP contribution in [0.4, 0.5) is 11.5 Å². The molecule has 3 rings (SSSR count). The molecule has 1 aliphatic rings. The number of anilines is 2. The summed E-state index contributed by atoms with van der Waals surface area (Å²) in [5.41, 5.74) is 2.26. The normalized spacial score (nSPS) is 14.9. The predicted molar refractivity (Wildman–Crippen MR) is 106 cm³/mol. The Kier molecular flexibility index (Phi) is 6.73. The van der Waals surface area contributed by atoms with E-state index in [0.717, 1.165) is 50.6 Å². The third-order valence-electron chi connectivity index (χ3n) is 4.57. The van der Waals surface area contributed by atoms with E-state index in [1.54, 1.807) is 6.07 Å². The van der Waals surface area contributed by atoms with Crippen LogP contribution in [0.2, 0.25) is 0 Å². The van der Waals surface area contributed by atoms with Crippen molar-refractivity contribution in [2.45, 2.75) is 19.8 Å². The molecule has 1 aromatic heterocycles. The lowest BCUT2D eigenvalue weighted by Crippen LogP contribution is -2.39. The number of nitrogens with zero attached hydrogens (tertiary/aromatic N) is 3. The summed E-state index contributed by atoms with van der Waals surface area (Å²) in [6.45, 7) is 9.36. The van der Waals surface area contributed by atoms with Gasteiger partial charge < -0.3 is 15.4 Å². The van der Waals surface area contributed by atoms with Gasteiger partial charge in [0.25, 0.3) is 5.91 Å². The molecule has 27 heavy (non-hydrogen) atoms. The number of carbonyl (C=O) groups is 1. The molecule has 144 valence electrons.